The molecule has 0 unspecified atom stereocenters. The Balaban J connectivity index is 1.43. The normalized spacial score (nSPS) is 15.7. The molecule has 31 heavy (non-hydrogen) atoms. The maximum atomic E-state index is 13.0. The molecule has 0 spiro atoms. The van der Waals surface area contributed by atoms with E-state index in [0.29, 0.717) is 23.8 Å². The zero-order valence-corrected chi connectivity index (χ0v) is 17.2. The fourth-order valence-electron chi connectivity index (χ4n) is 3.33. The predicted molar refractivity (Wildman–Crippen MR) is 111 cm³/mol. The van der Waals surface area contributed by atoms with Crippen LogP contribution in [0, 0.1) is 6.92 Å². The van der Waals surface area contributed by atoms with Crippen LogP contribution < -0.4 is 10.2 Å². The number of hydrogen-bond acceptors (Lipinski definition) is 7. The number of carbonyl (C=O) groups is 2. The van der Waals surface area contributed by atoms with Gasteiger partial charge in [0.2, 0.25) is 11.7 Å². The Hall–Kier alpha value is -3.53. The van der Waals surface area contributed by atoms with Crippen molar-refractivity contribution in [3.63, 3.8) is 0 Å². The Labute approximate surface area is 179 Å². The Morgan fingerprint density at radius 1 is 1.23 bits per heavy atom. The first-order valence-corrected chi connectivity index (χ1v) is 10.2. The van der Waals surface area contributed by atoms with Gasteiger partial charge < -0.3 is 19.4 Å². The number of hydrogen-bond donors (Lipinski definition) is 1. The number of amides is 2. The van der Waals surface area contributed by atoms with E-state index in [0.717, 1.165) is 25.2 Å². The van der Waals surface area contributed by atoms with Gasteiger partial charge in [-0.05, 0) is 49.2 Å². The van der Waals surface area contributed by atoms with Crippen molar-refractivity contribution in [2.24, 2.45) is 0 Å². The Morgan fingerprint density at radius 3 is 2.77 bits per heavy atom. The highest BCUT2D eigenvalue weighted by atomic mass is 16.5. The predicted octanol–water partition coefficient (Wildman–Crippen LogP) is 1.57. The van der Waals surface area contributed by atoms with Crippen LogP contribution in [-0.4, -0.2) is 57.8 Å². The molecule has 1 aliphatic rings. The third kappa shape index (κ3) is 5.34. The number of benzene rings is 1. The third-order valence-electron chi connectivity index (χ3n) is 4.91. The van der Waals surface area contributed by atoms with Crippen LogP contribution >= 0.6 is 0 Å². The largest absolute Gasteiger partial charge is 0.458 e. The van der Waals surface area contributed by atoms with E-state index in [1.807, 2.05) is 25.1 Å². The van der Waals surface area contributed by atoms with Crippen LogP contribution in [0.2, 0.25) is 0 Å². The van der Waals surface area contributed by atoms with E-state index in [-0.39, 0.29) is 31.0 Å². The molecule has 0 aliphatic carbocycles. The van der Waals surface area contributed by atoms with Gasteiger partial charge in [0.1, 0.15) is 18.8 Å². The van der Waals surface area contributed by atoms with Crippen molar-refractivity contribution in [1.29, 1.82) is 0 Å². The van der Waals surface area contributed by atoms with Crippen LogP contribution in [0.5, 0.6) is 0 Å². The minimum atomic E-state index is -0.335. The van der Waals surface area contributed by atoms with Gasteiger partial charge in [-0.1, -0.05) is 18.2 Å². The van der Waals surface area contributed by atoms with Gasteiger partial charge in [0.05, 0.1) is 6.10 Å². The quantitative estimate of drug-likeness (QED) is 0.583. The van der Waals surface area contributed by atoms with Crippen LogP contribution in [0.4, 0.5) is 5.69 Å². The SMILES string of the molecule is Cc1ccc(-c2nnn(CC(=O)N(CC(=O)NC[C@@H]3CCCO3)c3ccccc3)n2)o1. The Bertz CT molecular complexity index is 1030. The van der Waals surface area contributed by atoms with E-state index in [1.54, 1.807) is 24.3 Å². The Kier molecular flexibility index (Phi) is 6.37. The van der Waals surface area contributed by atoms with Crippen LogP contribution in [0.25, 0.3) is 11.6 Å². The lowest BCUT2D eigenvalue weighted by Crippen LogP contribution is -2.44. The number of nitrogens with zero attached hydrogens (tertiary/aromatic N) is 5. The number of ether oxygens (including phenoxy) is 1. The molecule has 1 atom stereocenters. The molecule has 10 nitrogen and oxygen atoms in total. The lowest BCUT2D eigenvalue weighted by molar-refractivity contribution is -0.124. The summed E-state index contributed by atoms with van der Waals surface area (Å²) in [6, 6.07) is 12.6. The van der Waals surface area contributed by atoms with Gasteiger partial charge >= 0.3 is 0 Å². The first-order chi connectivity index (χ1) is 15.1. The summed E-state index contributed by atoms with van der Waals surface area (Å²) in [5.41, 5.74) is 0.613. The molecule has 2 aromatic heterocycles. The van der Waals surface area contributed by atoms with Gasteiger partial charge in [-0.2, -0.15) is 4.80 Å². The summed E-state index contributed by atoms with van der Waals surface area (Å²) in [5, 5.41) is 14.9. The molecule has 1 aromatic carbocycles. The first kappa shape index (κ1) is 20.7. The zero-order valence-electron chi connectivity index (χ0n) is 17.2. The van der Waals surface area contributed by atoms with Crippen molar-refractivity contribution >= 4 is 17.5 Å². The van der Waals surface area contributed by atoms with Crippen molar-refractivity contribution in [2.75, 3.05) is 24.6 Å². The second-order valence-corrected chi connectivity index (χ2v) is 7.31. The molecule has 3 aromatic rings. The summed E-state index contributed by atoms with van der Waals surface area (Å²) in [4.78, 5) is 28.1. The molecule has 4 rings (SSSR count). The van der Waals surface area contributed by atoms with Crippen LogP contribution in [0.15, 0.2) is 46.9 Å². The zero-order chi connectivity index (χ0) is 21.6. The summed E-state index contributed by atoms with van der Waals surface area (Å²) in [6.45, 7) is 2.69. The lowest BCUT2D eigenvalue weighted by Gasteiger charge is -2.22. The molecule has 3 heterocycles. The number of para-hydroxylation sites is 1. The molecule has 10 heteroatoms. The van der Waals surface area contributed by atoms with Crippen LogP contribution in [0.3, 0.4) is 0 Å². The van der Waals surface area contributed by atoms with E-state index in [1.165, 1.54) is 9.70 Å². The lowest BCUT2D eigenvalue weighted by atomic mass is 10.2. The van der Waals surface area contributed by atoms with E-state index in [4.69, 9.17) is 9.15 Å². The number of nitrogens with one attached hydrogen (secondary N) is 1. The average Bonchev–Trinajstić information content (AvgIpc) is 3.53. The molecule has 1 saturated heterocycles. The highest BCUT2D eigenvalue weighted by Crippen LogP contribution is 2.17. The molecule has 1 aliphatic heterocycles. The number of anilines is 1. The summed E-state index contributed by atoms with van der Waals surface area (Å²) in [7, 11) is 0. The number of furan rings is 1. The molecular weight excluding hydrogens is 400 g/mol. The third-order valence-corrected chi connectivity index (χ3v) is 4.91. The molecule has 0 radical (unpaired) electrons. The first-order valence-electron chi connectivity index (χ1n) is 10.2. The minimum Gasteiger partial charge on any atom is -0.458 e. The highest BCUT2D eigenvalue weighted by Gasteiger charge is 2.22. The maximum absolute atomic E-state index is 13.0. The Morgan fingerprint density at radius 2 is 2.06 bits per heavy atom. The number of tetrazole rings is 1. The minimum absolute atomic E-state index is 0.0350. The van der Waals surface area contributed by atoms with E-state index >= 15 is 0 Å². The fourth-order valence-corrected chi connectivity index (χ4v) is 3.33. The van der Waals surface area contributed by atoms with Gasteiger partial charge in [-0.15, -0.1) is 10.2 Å². The van der Waals surface area contributed by atoms with Gasteiger partial charge in [0.15, 0.2) is 5.76 Å². The van der Waals surface area contributed by atoms with Crippen molar-refractivity contribution in [3.05, 3.63) is 48.2 Å². The summed E-state index contributed by atoms with van der Waals surface area (Å²) in [5.74, 6) is 0.904. The standard InChI is InChI=1S/C21H24N6O4/c1-15-9-10-18(31-15)21-23-25-27(24-21)14-20(29)26(16-6-3-2-4-7-16)13-19(28)22-12-17-8-5-11-30-17/h2-4,6-7,9-10,17H,5,8,11-14H2,1H3,(H,22,28)/t17-/m0/s1. The van der Waals surface area contributed by atoms with Crippen molar-refractivity contribution in [1.82, 2.24) is 25.5 Å². The average molecular weight is 424 g/mol. The molecule has 0 bridgehead atoms. The van der Waals surface area contributed by atoms with E-state index in [2.05, 4.69) is 20.7 Å². The van der Waals surface area contributed by atoms with Gasteiger partial charge in [-0.3, -0.25) is 9.59 Å². The van der Waals surface area contributed by atoms with Gasteiger partial charge in [0.25, 0.3) is 5.91 Å². The topological polar surface area (TPSA) is 115 Å². The molecule has 1 fully saturated rings. The molecular formula is C21H24N6O4. The number of aryl methyl sites for hydroxylation is 1. The number of aromatic nitrogens is 4. The van der Waals surface area contributed by atoms with E-state index < -0.39 is 0 Å². The van der Waals surface area contributed by atoms with E-state index in [9.17, 15) is 9.59 Å². The molecule has 1 N–H and O–H groups in total. The monoisotopic (exact) mass is 424 g/mol. The fraction of sp³-hybridized carbons (Fsp3) is 0.381. The summed E-state index contributed by atoms with van der Waals surface area (Å²) in [6.07, 6.45) is 1.96. The summed E-state index contributed by atoms with van der Waals surface area (Å²) < 4.78 is 11.0. The number of rotatable bonds is 8. The maximum Gasteiger partial charge on any atom is 0.251 e. The second-order valence-electron chi connectivity index (χ2n) is 7.31. The highest BCUT2D eigenvalue weighted by molar-refractivity contribution is 5.98. The molecule has 162 valence electrons. The smallest absolute Gasteiger partial charge is 0.251 e. The molecule has 0 saturated carbocycles. The number of carbonyl (C=O) groups excluding carboxylic acids is 2. The van der Waals surface area contributed by atoms with Gasteiger partial charge in [0, 0.05) is 18.8 Å². The van der Waals surface area contributed by atoms with Crippen molar-refractivity contribution < 1.29 is 18.7 Å². The van der Waals surface area contributed by atoms with Crippen LogP contribution in [-0.2, 0) is 20.9 Å². The van der Waals surface area contributed by atoms with Crippen molar-refractivity contribution in [3.8, 4) is 11.6 Å². The van der Waals surface area contributed by atoms with Gasteiger partial charge in [-0.25, -0.2) is 0 Å². The van der Waals surface area contributed by atoms with Crippen LogP contribution in [0.1, 0.15) is 18.6 Å². The second kappa shape index (κ2) is 9.52. The van der Waals surface area contributed by atoms with Crippen molar-refractivity contribution in [2.45, 2.75) is 32.4 Å². The molecule has 2 amide bonds. The summed E-state index contributed by atoms with van der Waals surface area (Å²) >= 11 is 0.